The molecule has 3 nitrogen and oxygen atoms in total. The van der Waals surface area contributed by atoms with Crippen molar-refractivity contribution in [3.05, 3.63) is 0 Å². The molecule has 0 N–H and O–H groups in total. The molecule has 0 unspecified atom stereocenters. The van der Waals surface area contributed by atoms with Crippen LogP contribution in [0.2, 0.25) is 0 Å². The van der Waals surface area contributed by atoms with E-state index in [0.717, 1.165) is 39.6 Å². The fourth-order valence-electron chi connectivity index (χ4n) is 1.53. The van der Waals surface area contributed by atoms with E-state index in [4.69, 9.17) is 14.2 Å². The first kappa shape index (κ1) is 16.5. The molecule has 3 aliphatic heterocycles. The molecule has 0 bridgehead atoms. The minimum absolute atomic E-state index is 0. The van der Waals surface area contributed by atoms with Gasteiger partial charge in [0, 0.05) is 58.2 Å². The van der Waals surface area contributed by atoms with Crippen molar-refractivity contribution in [2.75, 3.05) is 39.6 Å². The molecule has 1 radical (unpaired) electrons. The fraction of sp³-hybridized carbons (Fsp3) is 1.00. The molecule has 0 aromatic heterocycles. The fourth-order valence-corrected chi connectivity index (χ4v) is 1.53. The summed E-state index contributed by atoms with van der Waals surface area (Å²) < 4.78 is 14.8. The Kier molecular flexibility index (Phi) is 13.9. The Morgan fingerprint density at radius 3 is 0.625 bits per heavy atom. The Labute approximate surface area is 111 Å². The molecule has 3 aliphatic rings. The van der Waals surface area contributed by atoms with Gasteiger partial charge in [-0.2, -0.15) is 0 Å². The van der Waals surface area contributed by atoms with Gasteiger partial charge in [0.05, 0.1) is 0 Å². The standard InChI is InChI=1S/3C4H8O.V/c3*1-2-4-5-3-1;/h3*1-4H2;. The van der Waals surface area contributed by atoms with E-state index in [0.29, 0.717) is 0 Å². The van der Waals surface area contributed by atoms with Crippen LogP contribution in [0.25, 0.3) is 0 Å². The van der Waals surface area contributed by atoms with Gasteiger partial charge in [-0.3, -0.25) is 0 Å². The van der Waals surface area contributed by atoms with Crippen LogP contribution in [-0.2, 0) is 32.8 Å². The Morgan fingerprint density at radius 2 is 0.562 bits per heavy atom. The largest absolute Gasteiger partial charge is 0.381 e. The van der Waals surface area contributed by atoms with Crippen molar-refractivity contribution >= 4 is 0 Å². The first-order valence-electron chi connectivity index (χ1n) is 6.23. The Morgan fingerprint density at radius 1 is 0.375 bits per heavy atom. The smallest absolute Gasteiger partial charge is 0.0466 e. The van der Waals surface area contributed by atoms with Gasteiger partial charge < -0.3 is 14.2 Å². The van der Waals surface area contributed by atoms with E-state index in [9.17, 15) is 0 Å². The van der Waals surface area contributed by atoms with Crippen molar-refractivity contribution in [1.29, 1.82) is 0 Å². The summed E-state index contributed by atoms with van der Waals surface area (Å²) in [6.07, 6.45) is 7.67. The van der Waals surface area contributed by atoms with E-state index in [2.05, 4.69) is 0 Å². The molecule has 0 aliphatic carbocycles. The van der Waals surface area contributed by atoms with Gasteiger partial charge in [0.25, 0.3) is 0 Å². The minimum Gasteiger partial charge on any atom is -0.381 e. The average Bonchev–Trinajstić information content (AvgIpc) is 3.09. The second-order valence-electron chi connectivity index (χ2n) is 3.96. The summed E-state index contributed by atoms with van der Waals surface area (Å²) in [7, 11) is 0. The Balaban J connectivity index is 0.000000205. The molecule has 95 valence electrons. The molecule has 3 saturated heterocycles. The van der Waals surface area contributed by atoms with Crippen LogP contribution >= 0.6 is 0 Å². The summed E-state index contributed by atoms with van der Waals surface area (Å²) in [6.45, 7) is 6.00. The number of hydrogen-bond donors (Lipinski definition) is 0. The van der Waals surface area contributed by atoms with Crippen molar-refractivity contribution in [3.63, 3.8) is 0 Å². The summed E-state index contributed by atoms with van der Waals surface area (Å²) in [4.78, 5) is 0. The molecule has 3 rings (SSSR count). The van der Waals surface area contributed by atoms with Crippen LogP contribution in [0.3, 0.4) is 0 Å². The molecule has 3 fully saturated rings. The van der Waals surface area contributed by atoms with Gasteiger partial charge in [0.2, 0.25) is 0 Å². The van der Waals surface area contributed by atoms with Crippen LogP contribution in [-0.4, -0.2) is 39.6 Å². The molecule has 0 atom stereocenters. The molecular weight excluding hydrogens is 243 g/mol. The Bertz CT molecular complexity index is 74.8. The van der Waals surface area contributed by atoms with Crippen LogP contribution in [0, 0.1) is 0 Å². The predicted molar refractivity (Wildman–Crippen MR) is 60.2 cm³/mol. The van der Waals surface area contributed by atoms with E-state index in [1.54, 1.807) is 0 Å². The predicted octanol–water partition coefficient (Wildman–Crippen LogP) is 2.39. The van der Waals surface area contributed by atoms with Crippen molar-refractivity contribution in [3.8, 4) is 0 Å². The number of hydrogen-bond acceptors (Lipinski definition) is 3. The van der Waals surface area contributed by atoms with E-state index in [1.165, 1.54) is 38.5 Å². The van der Waals surface area contributed by atoms with Gasteiger partial charge in [-0.1, -0.05) is 0 Å². The molecule has 0 aromatic rings. The molecule has 0 saturated carbocycles. The zero-order valence-corrected chi connectivity index (χ0v) is 11.6. The first-order chi connectivity index (χ1) is 7.50. The van der Waals surface area contributed by atoms with Crippen LogP contribution in [0.1, 0.15) is 38.5 Å². The van der Waals surface area contributed by atoms with Gasteiger partial charge in [0.1, 0.15) is 0 Å². The molecular formula is C12H24O3V. The second-order valence-corrected chi connectivity index (χ2v) is 3.96. The minimum atomic E-state index is 0. The second kappa shape index (κ2) is 13.5. The summed E-state index contributed by atoms with van der Waals surface area (Å²) >= 11 is 0. The van der Waals surface area contributed by atoms with Crippen LogP contribution < -0.4 is 0 Å². The zero-order chi connectivity index (χ0) is 10.6. The number of ether oxygens (including phenoxy) is 3. The molecule has 0 spiro atoms. The monoisotopic (exact) mass is 267 g/mol. The van der Waals surface area contributed by atoms with Crippen molar-refractivity contribution in [2.24, 2.45) is 0 Å². The topological polar surface area (TPSA) is 27.7 Å². The summed E-state index contributed by atoms with van der Waals surface area (Å²) in [5.41, 5.74) is 0. The summed E-state index contributed by atoms with van der Waals surface area (Å²) in [5, 5.41) is 0. The summed E-state index contributed by atoms with van der Waals surface area (Å²) in [6, 6.07) is 0. The normalized spacial score (nSPS) is 22.5. The average molecular weight is 267 g/mol. The molecule has 0 aromatic carbocycles. The van der Waals surface area contributed by atoms with Crippen molar-refractivity contribution in [2.45, 2.75) is 38.5 Å². The van der Waals surface area contributed by atoms with E-state index in [-0.39, 0.29) is 18.6 Å². The Hall–Kier alpha value is 0.464. The van der Waals surface area contributed by atoms with E-state index < -0.39 is 0 Å². The third kappa shape index (κ3) is 11.0. The summed E-state index contributed by atoms with van der Waals surface area (Å²) in [5.74, 6) is 0. The first-order valence-corrected chi connectivity index (χ1v) is 6.23. The SMILES string of the molecule is C1CCOC1.C1CCOC1.C1CCOC1.[V]. The van der Waals surface area contributed by atoms with Gasteiger partial charge in [0.15, 0.2) is 0 Å². The molecule has 3 heterocycles. The van der Waals surface area contributed by atoms with E-state index >= 15 is 0 Å². The van der Waals surface area contributed by atoms with Crippen LogP contribution in [0.15, 0.2) is 0 Å². The maximum atomic E-state index is 4.94. The quantitative estimate of drug-likeness (QED) is 0.674. The molecule has 4 heteroatoms. The third-order valence-corrected chi connectivity index (χ3v) is 2.48. The maximum absolute atomic E-state index is 4.94. The van der Waals surface area contributed by atoms with Gasteiger partial charge in [-0.25, -0.2) is 0 Å². The van der Waals surface area contributed by atoms with E-state index in [1.807, 2.05) is 0 Å². The number of rotatable bonds is 0. The van der Waals surface area contributed by atoms with Crippen molar-refractivity contribution in [1.82, 2.24) is 0 Å². The van der Waals surface area contributed by atoms with Crippen LogP contribution in [0.5, 0.6) is 0 Å². The third-order valence-electron chi connectivity index (χ3n) is 2.48. The maximum Gasteiger partial charge on any atom is 0.0466 e. The zero-order valence-electron chi connectivity index (χ0n) is 10.2. The van der Waals surface area contributed by atoms with Gasteiger partial charge in [-0.05, 0) is 38.5 Å². The van der Waals surface area contributed by atoms with Gasteiger partial charge >= 0.3 is 0 Å². The van der Waals surface area contributed by atoms with Crippen molar-refractivity contribution < 1.29 is 32.8 Å². The van der Waals surface area contributed by atoms with Gasteiger partial charge in [-0.15, -0.1) is 0 Å². The molecule has 16 heavy (non-hydrogen) atoms. The van der Waals surface area contributed by atoms with Crippen LogP contribution in [0.4, 0.5) is 0 Å². The molecule has 0 amide bonds.